The van der Waals surface area contributed by atoms with Crippen molar-refractivity contribution >= 4 is 17.7 Å². The van der Waals surface area contributed by atoms with Gasteiger partial charge in [0.15, 0.2) is 6.10 Å². The Morgan fingerprint density at radius 3 is 2.34 bits per heavy atom. The highest BCUT2D eigenvalue weighted by molar-refractivity contribution is 7.99. The van der Waals surface area contributed by atoms with Crippen LogP contribution in [0.2, 0.25) is 0 Å². The maximum Gasteiger partial charge on any atom is 0.335 e. The second kappa shape index (κ2) is 8.71. The lowest BCUT2D eigenvalue weighted by Crippen LogP contribution is -2.64. The molecule has 8 N–H and O–H groups in total. The van der Waals surface area contributed by atoms with Crippen LogP contribution in [0.3, 0.4) is 0 Å². The van der Waals surface area contributed by atoms with E-state index < -0.39 is 53.9 Å². The van der Waals surface area contributed by atoms with Gasteiger partial charge in [0.1, 0.15) is 30.0 Å². The predicted molar refractivity (Wildman–Crippen MR) is 110 cm³/mol. The zero-order valence-corrected chi connectivity index (χ0v) is 17.3. The van der Waals surface area contributed by atoms with Gasteiger partial charge in [-0.05, 0) is 17.2 Å². The van der Waals surface area contributed by atoms with Gasteiger partial charge in [-0.15, -0.1) is 0 Å². The molecule has 32 heavy (non-hydrogen) atoms. The molecule has 11 heteroatoms. The fraction of sp³-hybridized carbons (Fsp3) is 0.381. The van der Waals surface area contributed by atoms with Crippen LogP contribution >= 0.6 is 11.8 Å². The Labute approximate surface area is 186 Å². The number of benzene rings is 2. The molecule has 0 aliphatic carbocycles. The Bertz CT molecular complexity index is 992. The van der Waals surface area contributed by atoms with Crippen LogP contribution in [0.15, 0.2) is 53.4 Å². The first-order valence-electron chi connectivity index (χ1n) is 9.79. The van der Waals surface area contributed by atoms with Crippen LogP contribution in [0.1, 0.15) is 22.7 Å². The van der Waals surface area contributed by atoms with E-state index in [1.807, 2.05) is 30.3 Å². The molecule has 2 aliphatic heterocycles. The van der Waals surface area contributed by atoms with E-state index in [1.165, 1.54) is 12.1 Å². The van der Waals surface area contributed by atoms with Gasteiger partial charge in [-0.2, -0.15) is 0 Å². The number of nitrogens with one attached hydrogen (secondary N) is 1. The number of aliphatic carboxylic acids is 1. The van der Waals surface area contributed by atoms with Crippen LogP contribution < -0.4 is 5.32 Å². The number of carboxylic acids is 1. The summed E-state index contributed by atoms with van der Waals surface area (Å²) in [7, 11) is 0. The summed E-state index contributed by atoms with van der Waals surface area (Å²) in [5.74, 6) is -4.28. The second-order valence-corrected chi connectivity index (χ2v) is 8.87. The number of carboxylic acid groups (broad SMARTS) is 1. The molecule has 8 atom stereocenters. The van der Waals surface area contributed by atoms with Gasteiger partial charge in [0.25, 0.3) is 0 Å². The maximum atomic E-state index is 11.4. The number of thioether (sulfide) groups is 1. The topological polar surface area (TPSA) is 180 Å². The molecule has 1 fully saturated rings. The van der Waals surface area contributed by atoms with Crippen LogP contribution in [0.4, 0.5) is 0 Å². The van der Waals surface area contributed by atoms with Crippen LogP contribution in [0, 0.1) is 0 Å². The molecule has 2 aromatic carbocycles. The first-order chi connectivity index (χ1) is 15.1. The van der Waals surface area contributed by atoms with Crippen molar-refractivity contribution < 1.29 is 45.3 Å². The van der Waals surface area contributed by atoms with Crippen LogP contribution in [0.5, 0.6) is 0 Å². The highest BCUT2D eigenvalue weighted by atomic mass is 32.2. The number of aliphatic hydroxyl groups excluding tert-OH is 5. The molecule has 0 saturated carbocycles. The Balaban J connectivity index is 1.78. The van der Waals surface area contributed by atoms with Crippen molar-refractivity contribution in [2.24, 2.45) is 0 Å². The maximum absolute atomic E-state index is 11.4. The molecule has 1 saturated heterocycles. The van der Waals surface area contributed by atoms with Crippen molar-refractivity contribution in [1.82, 2.24) is 5.32 Å². The quantitative estimate of drug-likeness (QED) is 0.273. The van der Waals surface area contributed by atoms with Crippen molar-refractivity contribution in [1.29, 1.82) is 0 Å². The first kappa shape index (κ1) is 23.1. The lowest BCUT2D eigenvalue weighted by atomic mass is 9.87. The molecule has 2 aliphatic rings. The fourth-order valence-corrected chi connectivity index (χ4v) is 4.91. The average molecular weight is 465 g/mol. The second-order valence-electron chi connectivity index (χ2n) is 7.72. The fourth-order valence-electron chi connectivity index (χ4n) is 3.92. The van der Waals surface area contributed by atoms with Gasteiger partial charge in [0, 0.05) is 10.5 Å². The van der Waals surface area contributed by atoms with E-state index in [0.29, 0.717) is 10.5 Å². The predicted octanol–water partition coefficient (Wildman–Crippen LogP) is -1.18. The zero-order valence-electron chi connectivity index (χ0n) is 16.5. The van der Waals surface area contributed by atoms with Crippen molar-refractivity contribution in [2.75, 3.05) is 0 Å². The summed E-state index contributed by atoms with van der Waals surface area (Å²) in [6.45, 7) is 0. The molecule has 0 radical (unpaired) electrons. The van der Waals surface area contributed by atoms with Crippen LogP contribution in [-0.4, -0.2) is 77.8 Å². The molecular formula is C21H23NO9S. The molecule has 2 aromatic rings. The third-order valence-corrected chi connectivity index (χ3v) is 6.77. The molecule has 0 bridgehead atoms. The van der Waals surface area contributed by atoms with Crippen molar-refractivity contribution in [3.8, 4) is 0 Å². The van der Waals surface area contributed by atoms with Crippen molar-refractivity contribution in [3.05, 3.63) is 65.2 Å². The summed E-state index contributed by atoms with van der Waals surface area (Å²) in [6.07, 6.45) is -9.28. The Hall–Kier alpha value is -2.06. The van der Waals surface area contributed by atoms with Gasteiger partial charge in [-0.1, -0.05) is 54.2 Å². The van der Waals surface area contributed by atoms with Crippen LogP contribution in [0.25, 0.3) is 0 Å². The van der Waals surface area contributed by atoms with Gasteiger partial charge in [-0.25, -0.2) is 4.79 Å². The minimum absolute atomic E-state index is 0.0937. The molecule has 4 rings (SSSR count). The summed E-state index contributed by atoms with van der Waals surface area (Å²) in [6, 6.07) is 13.0. The van der Waals surface area contributed by atoms with E-state index in [4.69, 9.17) is 4.74 Å². The number of hydrogen-bond acceptors (Lipinski definition) is 10. The smallest absolute Gasteiger partial charge is 0.335 e. The summed E-state index contributed by atoms with van der Waals surface area (Å²) < 4.78 is 5.16. The molecule has 10 nitrogen and oxygen atoms in total. The molecule has 0 aromatic heterocycles. The van der Waals surface area contributed by atoms with E-state index in [9.17, 15) is 40.5 Å². The van der Waals surface area contributed by atoms with Gasteiger partial charge in [0.05, 0.1) is 6.04 Å². The van der Waals surface area contributed by atoms with Crippen molar-refractivity contribution in [3.63, 3.8) is 0 Å². The highest BCUT2D eigenvalue weighted by Crippen LogP contribution is 2.42. The Morgan fingerprint density at radius 1 is 1.00 bits per heavy atom. The minimum Gasteiger partial charge on any atom is -0.479 e. The molecule has 172 valence electrons. The standard InChI is InChI=1S/C21H23NO9S/c23-14-15(24)17(25)21(30,31-16(14)19(27)28)10-6-7-11-12(8-10)32-20(29)18(26)22-13(11)9-4-2-1-3-5-9/h1-8,13-18,20,22-26,29-30H,(H,27,28)/t13?,14-,15-,16-,17+,18?,20?,21+/m0/s1. The highest BCUT2D eigenvalue weighted by Gasteiger charge is 2.56. The summed E-state index contributed by atoms with van der Waals surface area (Å²) in [5.41, 5.74) is 0.0739. The minimum atomic E-state index is -2.65. The lowest BCUT2D eigenvalue weighted by Gasteiger charge is -2.44. The largest absolute Gasteiger partial charge is 0.479 e. The third-order valence-electron chi connectivity index (χ3n) is 5.66. The first-order valence-corrected chi connectivity index (χ1v) is 10.7. The van der Waals surface area contributed by atoms with Gasteiger partial charge in [0.2, 0.25) is 5.79 Å². The van der Waals surface area contributed by atoms with Gasteiger partial charge in [-0.3, -0.25) is 5.32 Å². The summed E-state index contributed by atoms with van der Waals surface area (Å²) in [5, 5.41) is 74.4. The number of hydrogen-bond donors (Lipinski definition) is 8. The number of fused-ring (bicyclic) bond motifs is 1. The monoisotopic (exact) mass is 465 g/mol. The Kier molecular flexibility index (Phi) is 6.29. The van der Waals surface area contributed by atoms with Gasteiger partial charge >= 0.3 is 5.97 Å². The summed E-state index contributed by atoms with van der Waals surface area (Å²) in [4.78, 5) is 11.9. The summed E-state index contributed by atoms with van der Waals surface area (Å²) >= 11 is 0.892. The van der Waals surface area contributed by atoms with E-state index in [1.54, 1.807) is 6.07 Å². The molecule has 0 amide bonds. The molecule has 3 unspecified atom stereocenters. The number of ether oxygens (including phenoxy) is 1. The number of carbonyl (C=O) groups is 1. The lowest BCUT2D eigenvalue weighted by molar-refractivity contribution is -0.349. The normalized spacial score (nSPS) is 37.4. The zero-order chi connectivity index (χ0) is 23.2. The van der Waals surface area contributed by atoms with Gasteiger partial charge < -0.3 is 40.5 Å². The average Bonchev–Trinajstić information content (AvgIpc) is 2.90. The van der Waals surface area contributed by atoms with Crippen LogP contribution in [-0.2, 0) is 15.3 Å². The SMILES string of the molecule is O=C(O)[C@H]1O[C@](O)(c2ccc3c(c2)SC(O)C(O)NC3c2ccccc2)[C@H](O)[C@@H](O)[C@@H]1O. The molecule has 2 heterocycles. The van der Waals surface area contributed by atoms with Crippen molar-refractivity contribution in [2.45, 2.75) is 52.8 Å². The Morgan fingerprint density at radius 2 is 1.69 bits per heavy atom. The molecular weight excluding hydrogens is 442 g/mol. The third kappa shape index (κ3) is 3.92. The number of rotatable bonds is 3. The van der Waals surface area contributed by atoms with E-state index in [2.05, 4.69) is 5.32 Å². The number of aliphatic hydroxyl groups is 6. The van der Waals surface area contributed by atoms with E-state index in [0.717, 1.165) is 17.3 Å². The molecule has 0 spiro atoms. The van der Waals surface area contributed by atoms with E-state index in [-0.39, 0.29) is 5.56 Å². The van der Waals surface area contributed by atoms with E-state index >= 15 is 0 Å².